The topological polar surface area (TPSA) is 110 Å². The molecule has 0 radical (unpaired) electrons. The number of hydrogen-bond acceptors (Lipinski definition) is 7. The van der Waals surface area contributed by atoms with Gasteiger partial charge in [0.25, 0.3) is 5.56 Å². The summed E-state index contributed by atoms with van der Waals surface area (Å²) in [5.74, 6) is -0.270. The lowest BCUT2D eigenvalue weighted by molar-refractivity contribution is -0.113. The van der Waals surface area contributed by atoms with Gasteiger partial charge in [-0.25, -0.2) is 4.98 Å². The summed E-state index contributed by atoms with van der Waals surface area (Å²) in [5.41, 5.74) is 1.30. The molecule has 4 aromatic rings. The van der Waals surface area contributed by atoms with Gasteiger partial charge >= 0.3 is 0 Å². The minimum absolute atomic E-state index is 0.0116. The van der Waals surface area contributed by atoms with Crippen LogP contribution >= 0.6 is 11.8 Å². The van der Waals surface area contributed by atoms with E-state index in [4.69, 9.17) is 9.15 Å². The van der Waals surface area contributed by atoms with Crippen molar-refractivity contribution in [1.82, 2.24) is 9.55 Å². The van der Waals surface area contributed by atoms with Crippen LogP contribution in [0.5, 0.6) is 0 Å². The van der Waals surface area contributed by atoms with Crippen molar-refractivity contribution in [3.63, 3.8) is 0 Å². The summed E-state index contributed by atoms with van der Waals surface area (Å²) in [6, 6.07) is 16.3. The quantitative estimate of drug-likeness (QED) is 0.214. The molecular weight excluding hydrogens is 452 g/mol. The Bertz CT molecular complexity index is 1430. The molecule has 1 amide bonds. The predicted octanol–water partition coefficient (Wildman–Crippen LogP) is 4.56. The zero-order valence-corrected chi connectivity index (χ0v) is 19.7. The Balaban J connectivity index is 1.54. The number of aromatic nitrogens is 2. The average molecular weight is 477 g/mol. The Morgan fingerprint density at radius 3 is 2.71 bits per heavy atom. The van der Waals surface area contributed by atoms with Gasteiger partial charge in [0.1, 0.15) is 17.3 Å². The summed E-state index contributed by atoms with van der Waals surface area (Å²) in [6.07, 6.45) is 0.756. The number of hydrogen-bond donors (Lipinski definition) is 1. The van der Waals surface area contributed by atoms with Crippen molar-refractivity contribution in [2.24, 2.45) is 0 Å². The first kappa shape index (κ1) is 23.5. The Hall–Kier alpha value is -3.61. The molecule has 2 heterocycles. The summed E-state index contributed by atoms with van der Waals surface area (Å²) in [5, 5.41) is 13.8. The Morgan fingerprint density at radius 2 is 1.94 bits per heavy atom. The lowest BCUT2D eigenvalue weighted by atomic mass is 10.2. The molecule has 0 saturated heterocycles. The summed E-state index contributed by atoms with van der Waals surface area (Å²) >= 11 is 1.17. The number of benzene rings is 2. The average Bonchev–Trinajstić information content (AvgIpc) is 3.19. The Morgan fingerprint density at radius 1 is 1.21 bits per heavy atom. The van der Waals surface area contributed by atoms with Crippen LogP contribution in [0.25, 0.3) is 21.9 Å². The third-order valence-corrected chi connectivity index (χ3v) is 6.07. The van der Waals surface area contributed by atoms with E-state index >= 15 is 0 Å². The van der Waals surface area contributed by atoms with Crippen LogP contribution in [0.15, 0.2) is 62.9 Å². The van der Waals surface area contributed by atoms with Crippen molar-refractivity contribution in [2.75, 3.05) is 17.7 Å². The number of rotatable bonds is 9. The van der Waals surface area contributed by atoms with Crippen molar-refractivity contribution in [2.45, 2.75) is 38.1 Å². The highest BCUT2D eigenvalue weighted by atomic mass is 32.2. The Labute approximate surface area is 200 Å². The SMILES string of the molecule is CC(C)OCCCn1c(SCC(=O)Nc2c(C#N)oc3ccccc23)nc2ccccc2c1=O. The molecule has 8 nitrogen and oxygen atoms in total. The predicted molar refractivity (Wildman–Crippen MR) is 132 cm³/mol. The first-order chi connectivity index (χ1) is 16.5. The van der Waals surface area contributed by atoms with E-state index in [1.54, 1.807) is 41.0 Å². The van der Waals surface area contributed by atoms with Gasteiger partial charge in [-0.2, -0.15) is 5.26 Å². The fourth-order valence-electron chi connectivity index (χ4n) is 3.55. The summed E-state index contributed by atoms with van der Waals surface area (Å²) in [4.78, 5) is 30.5. The van der Waals surface area contributed by atoms with E-state index in [0.717, 1.165) is 0 Å². The zero-order chi connectivity index (χ0) is 24.1. The highest BCUT2D eigenvalue weighted by Crippen LogP contribution is 2.30. The lowest BCUT2D eigenvalue weighted by Gasteiger charge is -2.14. The molecule has 0 aliphatic rings. The molecule has 1 N–H and O–H groups in total. The van der Waals surface area contributed by atoms with Crippen LogP contribution in [0.3, 0.4) is 0 Å². The van der Waals surface area contributed by atoms with Crippen LogP contribution in [0.2, 0.25) is 0 Å². The maximum Gasteiger partial charge on any atom is 0.262 e. The first-order valence-corrected chi connectivity index (χ1v) is 11.9. The molecule has 0 saturated carbocycles. The first-order valence-electron chi connectivity index (χ1n) is 10.9. The number of fused-ring (bicyclic) bond motifs is 2. The van der Waals surface area contributed by atoms with Crippen molar-refractivity contribution in [3.05, 3.63) is 64.6 Å². The summed E-state index contributed by atoms with van der Waals surface area (Å²) in [7, 11) is 0. The highest BCUT2D eigenvalue weighted by Gasteiger charge is 2.18. The van der Waals surface area contributed by atoms with Gasteiger partial charge in [-0.05, 0) is 44.5 Å². The van der Waals surface area contributed by atoms with Gasteiger partial charge in [0, 0.05) is 18.5 Å². The molecule has 0 bridgehead atoms. The number of thioether (sulfide) groups is 1. The monoisotopic (exact) mass is 476 g/mol. The van der Waals surface area contributed by atoms with Crippen LogP contribution in [-0.2, 0) is 16.1 Å². The van der Waals surface area contributed by atoms with Crippen molar-refractivity contribution >= 4 is 45.2 Å². The van der Waals surface area contributed by atoms with Gasteiger partial charge in [-0.1, -0.05) is 36.0 Å². The van der Waals surface area contributed by atoms with E-state index < -0.39 is 0 Å². The van der Waals surface area contributed by atoms with Crippen LogP contribution in [-0.4, -0.2) is 33.9 Å². The molecule has 9 heteroatoms. The number of nitriles is 1. The highest BCUT2D eigenvalue weighted by molar-refractivity contribution is 7.99. The zero-order valence-electron chi connectivity index (χ0n) is 18.9. The summed E-state index contributed by atoms with van der Waals surface area (Å²) < 4.78 is 12.7. The molecule has 0 atom stereocenters. The van der Waals surface area contributed by atoms with Gasteiger partial charge in [0.15, 0.2) is 5.16 Å². The molecule has 4 rings (SSSR count). The van der Waals surface area contributed by atoms with Gasteiger partial charge in [0.2, 0.25) is 11.7 Å². The van der Waals surface area contributed by atoms with Crippen LogP contribution < -0.4 is 10.9 Å². The van der Waals surface area contributed by atoms with Crippen LogP contribution in [0.4, 0.5) is 5.69 Å². The molecule has 2 aromatic carbocycles. The summed E-state index contributed by atoms with van der Waals surface area (Å²) in [6.45, 7) is 4.87. The smallest absolute Gasteiger partial charge is 0.262 e. The number of carbonyl (C=O) groups is 1. The van der Waals surface area contributed by atoms with E-state index in [1.165, 1.54) is 11.8 Å². The molecule has 0 aliphatic carbocycles. The second-order valence-electron chi connectivity index (χ2n) is 7.89. The molecule has 0 spiro atoms. The number of amides is 1. The van der Waals surface area contributed by atoms with E-state index in [-0.39, 0.29) is 29.1 Å². The minimum Gasteiger partial charge on any atom is -0.443 e. The number of carbonyl (C=O) groups excluding carboxylic acids is 1. The number of nitrogens with one attached hydrogen (secondary N) is 1. The third kappa shape index (κ3) is 5.14. The second kappa shape index (κ2) is 10.5. The van der Waals surface area contributed by atoms with E-state index in [0.29, 0.717) is 52.3 Å². The largest absolute Gasteiger partial charge is 0.443 e. The van der Waals surface area contributed by atoms with Crippen molar-refractivity contribution in [1.29, 1.82) is 5.26 Å². The van der Waals surface area contributed by atoms with Gasteiger partial charge in [-0.15, -0.1) is 0 Å². The molecular formula is C25H24N4O4S. The molecule has 0 unspecified atom stereocenters. The maximum atomic E-state index is 13.1. The number of anilines is 1. The molecule has 2 aromatic heterocycles. The van der Waals surface area contributed by atoms with E-state index in [2.05, 4.69) is 10.3 Å². The molecule has 0 aliphatic heterocycles. The fraction of sp³-hybridized carbons (Fsp3) is 0.280. The van der Waals surface area contributed by atoms with Gasteiger partial charge in [0.05, 0.1) is 22.8 Å². The van der Waals surface area contributed by atoms with Crippen LogP contribution in [0, 0.1) is 11.3 Å². The van der Waals surface area contributed by atoms with Crippen molar-refractivity contribution in [3.8, 4) is 6.07 Å². The van der Waals surface area contributed by atoms with E-state index in [1.807, 2.05) is 32.0 Å². The lowest BCUT2D eigenvalue weighted by Crippen LogP contribution is -2.25. The molecule has 0 fully saturated rings. The fourth-order valence-corrected chi connectivity index (χ4v) is 4.38. The maximum absolute atomic E-state index is 13.1. The Kier molecular flexibility index (Phi) is 7.30. The number of ether oxygens (including phenoxy) is 1. The van der Waals surface area contributed by atoms with Gasteiger partial charge < -0.3 is 14.5 Å². The van der Waals surface area contributed by atoms with Gasteiger partial charge in [-0.3, -0.25) is 14.2 Å². The number of nitrogens with zero attached hydrogens (tertiary/aromatic N) is 3. The molecule has 174 valence electrons. The molecule has 34 heavy (non-hydrogen) atoms. The minimum atomic E-state index is -0.329. The number of para-hydroxylation sites is 2. The third-order valence-electron chi connectivity index (χ3n) is 5.10. The van der Waals surface area contributed by atoms with E-state index in [9.17, 15) is 14.9 Å². The normalized spacial score (nSPS) is 11.2. The van der Waals surface area contributed by atoms with Crippen LogP contribution in [0.1, 0.15) is 26.0 Å². The van der Waals surface area contributed by atoms with Crippen molar-refractivity contribution < 1.29 is 13.9 Å². The standard InChI is InChI=1S/C25H24N4O4S/c1-16(2)32-13-7-12-29-24(31)17-8-3-5-10-19(17)27-25(29)34-15-22(30)28-23-18-9-4-6-11-20(18)33-21(23)14-26/h3-6,8-11,16H,7,12-13,15H2,1-2H3,(H,28,30). The second-order valence-corrected chi connectivity index (χ2v) is 8.83. The number of furan rings is 1.